The molecule has 0 spiro atoms. The Morgan fingerprint density at radius 3 is 2.64 bits per heavy atom. The summed E-state index contributed by atoms with van der Waals surface area (Å²) in [4.78, 5) is 13.1. The number of aryl methyl sites for hydroxylation is 1. The molecule has 118 valence electrons. The van der Waals surface area contributed by atoms with Crippen LogP contribution in [0.4, 0.5) is 18.9 Å². The zero-order valence-corrected chi connectivity index (χ0v) is 12.1. The van der Waals surface area contributed by atoms with Crippen LogP contribution in [0.15, 0.2) is 31.2 Å². The second-order valence-corrected chi connectivity index (χ2v) is 4.73. The quantitative estimate of drug-likeness (QED) is 0.808. The summed E-state index contributed by atoms with van der Waals surface area (Å²) in [6.45, 7) is 3.22. The summed E-state index contributed by atoms with van der Waals surface area (Å²) in [5.74, 6) is -0.519. The first kappa shape index (κ1) is 16.1. The van der Waals surface area contributed by atoms with E-state index in [1.165, 1.54) is 15.8 Å². The van der Waals surface area contributed by atoms with Crippen LogP contribution in [0.25, 0.3) is 0 Å². The van der Waals surface area contributed by atoms with Crippen LogP contribution in [0.3, 0.4) is 0 Å². The largest absolute Gasteiger partial charge is 0.504 e. The smallest absolute Gasteiger partial charge is 0.300 e. The Kier molecular flexibility index (Phi) is 4.27. The highest BCUT2D eigenvalue weighted by Gasteiger charge is 2.32. The highest BCUT2D eigenvalue weighted by Crippen LogP contribution is 2.27. The second-order valence-electron chi connectivity index (χ2n) is 4.37. The fourth-order valence-electron chi connectivity index (χ4n) is 1.78. The number of carbonyl (C=O) groups is 1. The van der Waals surface area contributed by atoms with Gasteiger partial charge >= 0.3 is 6.30 Å². The molecule has 22 heavy (non-hydrogen) atoms. The van der Waals surface area contributed by atoms with Crippen LogP contribution in [0.1, 0.15) is 5.56 Å². The lowest BCUT2D eigenvalue weighted by Gasteiger charge is -2.18. The standard InChI is InChI=1S/C12H11ClF3N5O/c1-3-10(22)20(9-7-19(2)18-11(9)13)5-8-4-17-21(6-8)12(14,15)16/h3-4,6-7H,1,5H2,2H3. The summed E-state index contributed by atoms with van der Waals surface area (Å²) in [6.07, 6.45) is -0.262. The molecule has 2 aromatic rings. The van der Waals surface area contributed by atoms with E-state index in [2.05, 4.69) is 16.8 Å². The summed E-state index contributed by atoms with van der Waals surface area (Å²) in [7, 11) is 1.60. The fourth-order valence-corrected chi connectivity index (χ4v) is 2.05. The maximum absolute atomic E-state index is 12.5. The first-order valence-electron chi connectivity index (χ1n) is 5.96. The number of hydrogen-bond acceptors (Lipinski definition) is 3. The van der Waals surface area contributed by atoms with E-state index < -0.39 is 12.2 Å². The average molecular weight is 334 g/mol. The molecule has 0 bridgehead atoms. The Balaban J connectivity index is 2.32. The molecule has 0 radical (unpaired) electrons. The van der Waals surface area contributed by atoms with E-state index in [-0.39, 0.29) is 27.6 Å². The summed E-state index contributed by atoms with van der Waals surface area (Å²) < 4.78 is 38.8. The first-order chi connectivity index (χ1) is 10.2. The van der Waals surface area contributed by atoms with E-state index in [0.29, 0.717) is 0 Å². The zero-order chi connectivity index (χ0) is 16.5. The molecule has 0 aliphatic carbocycles. The van der Waals surface area contributed by atoms with E-state index in [0.717, 1.165) is 18.5 Å². The van der Waals surface area contributed by atoms with Gasteiger partial charge in [0.25, 0.3) is 5.91 Å². The molecule has 0 aromatic carbocycles. The number of anilines is 1. The first-order valence-corrected chi connectivity index (χ1v) is 6.34. The predicted octanol–water partition coefficient (Wildman–Crippen LogP) is 2.47. The van der Waals surface area contributed by atoms with Crippen molar-refractivity contribution >= 4 is 23.2 Å². The normalized spacial score (nSPS) is 11.5. The number of alkyl halides is 3. The third kappa shape index (κ3) is 3.30. The van der Waals surface area contributed by atoms with Crippen LogP contribution in [0.5, 0.6) is 0 Å². The van der Waals surface area contributed by atoms with Gasteiger partial charge in [0.05, 0.1) is 18.9 Å². The minimum Gasteiger partial charge on any atom is -0.300 e. The van der Waals surface area contributed by atoms with E-state index >= 15 is 0 Å². The Morgan fingerprint density at radius 1 is 1.50 bits per heavy atom. The minimum absolute atomic E-state index is 0.0564. The molecular formula is C12H11ClF3N5O. The summed E-state index contributed by atoms with van der Waals surface area (Å²) in [6, 6.07) is 0. The molecule has 0 N–H and O–H groups in total. The van der Waals surface area contributed by atoms with Crippen molar-refractivity contribution in [3.05, 3.63) is 42.0 Å². The summed E-state index contributed by atoms with van der Waals surface area (Å²) >= 11 is 5.92. The van der Waals surface area contributed by atoms with Crippen molar-refractivity contribution in [2.45, 2.75) is 12.8 Å². The van der Waals surface area contributed by atoms with E-state index in [4.69, 9.17) is 11.6 Å². The highest BCUT2D eigenvalue weighted by molar-refractivity contribution is 6.32. The van der Waals surface area contributed by atoms with Crippen molar-refractivity contribution in [1.82, 2.24) is 19.6 Å². The van der Waals surface area contributed by atoms with Gasteiger partial charge in [0, 0.05) is 18.8 Å². The van der Waals surface area contributed by atoms with Gasteiger partial charge in [-0.1, -0.05) is 18.2 Å². The lowest BCUT2D eigenvalue weighted by molar-refractivity contribution is -0.212. The molecule has 0 aliphatic heterocycles. The van der Waals surface area contributed by atoms with Gasteiger partial charge in [-0.2, -0.15) is 14.9 Å². The van der Waals surface area contributed by atoms with Gasteiger partial charge in [0.2, 0.25) is 0 Å². The number of amides is 1. The van der Waals surface area contributed by atoms with Crippen molar-refractivity contribution in [3.63, 3.8) is 0 Å². The van der Waals surface area contributed by atoms with Crippen LogP contribution in [0.2, 0.25) is 5.15 Å². The van der Waals surface area contributed by atoms with Crippen LogP contribution >= 0.6 is 11.6 Å². The Bertz CT molecular complexity index is 706. The number of halogens is 4. The molecule has 2 rings (SSSR count). The number of aromatic nitrogens is 4. The van der Waals surface area contributed by atoms with Gasteiger partial charge in [-0.05, 0) is 6.08 Å². The predicted molar refractivity (Wildman–Crippen MR) is 73.1 cm³/mol. The SMILES string of the molecule is C=CC(=O)N(Cc1cnn(C(F)(F)F)c1)c1cn(C)nc1Cl. The zero-order valence-electron chi connectivity index (χ0n) is 11.4. The number of nitrogens with zero attached hydrogens (tertiary/aromatic N) is 5. The number of rotatable bonds is 4. The lowest BCUT2D eigenvalue weighted by Crippen LogP contribution is -2.28. The molecule has 0 aliphatic rings. The van der Waals surface area contributed by atoms with Crippen molar-refractivity contribution in [1.29, 1.82) is 0 Å². The average Bonchev–Trinajstić information content (AvgIpc) is 3.01. The molecule has 0 saturated heterocycles. The van der Waals surface area contributed by atoms with E-state index in [1.807, 2.05) is 0 Å². The Hall–Kier alpha value is -2.29. The van der Waals surface area contributed by atoms with Gasteiger partial charge in [-0.25, -0.2) is 0 Å². The maximum Gasteiger partial charge on any atom is 0.504 e. The van der Waals surface area contributed by atoms with Crippen LogP contribution < -0.4 is 4.90 Å². The van der Waals surface area contributed by atoms with E-state index in [1.54, 1.807) is 7.05 Å². The Morgan fingerprint density at radius 2 is 2.18 bits per heavy atom. The molecule has 0 atom stereocenters. The third-order valence-corrected chi connectivity index (χ3v) is 3.00. The molecule has 0 fully saturated rings. The third-order valence-electron chi connectivity index (χ3n) is 2.73. The summed E-state index contributed by atoms with van der Waals surface area (Å²) in [5.41, 5.74) is 0.460. The molecule has 6 nitrogen and oxygen atoms in total. The van der Waals surface area contributed by atoms with E-state index in [9.17, 15) is 18.0 Å². The van der Waals surface area contributed by atoms with Gasteiger partial charge in [0.1, 0.15) is 5.69 Å². The van der Waals surface area contributed by atoms with Crippen LogP contribution in [-0.4, -0.2) is 25.5 Å². The topological polar surface area (TPSA) is 56.0 Å². The van der Waals surface area contributed by atoms with Crippen molar-refractivity contribution in [2.24, 2.45) is 7.05 Å². The van der Waals surface area contributed by atoms with Crippen molar-refractivity contribution in [3.8, 4) is 0 Å². The van der Waals surface area contributed by atoms with Crippen LogP contribution in [-0.2, 0) is 24.7 Å². The van der Waals surface area contributed by atoms with Gasteiger partial charge < -0.3 is 4.90 Å². The maximum atomic E-state index is 12.5. The fraction of sp³-hybridized carbons (Fsp3) is 0.250. The molecule has 10 heteroatoms. The van der Waals surface area contributed by atoms with Gasteiger partial charge in [-0.3, -0.25) is 9.48 Å². The summed E-state index contributed by atoms with van der Waals surface area (Å²) in [5, 5.41) is 7.17. The highest BCUT2D eigenvalue weighted by atomic mass is 35.5. The molecule has 1 amide bonds. The minimum atomic E-state index is -4.61. The van der Waals surface area contributed by atoms with Crippen LogP contribution in [0, 0.1) is 0 Å². The second kappa shape index (κ2) is 5.84. The molecule has 0 unspecified atom stereocenters. The Labute approximate surface area is 128 Å². The molecular weight excluding hydrogens is 323 g/mol. The monoisotopic (exact) mass is 333 g/mol. The lowest BCUT2D eigenvalue weighted by atomic mass is 10.3. The van der Waals surface area contributed by atoms with Gasteiger partial charge in [0.15, 0.2) is 5.15 Å². The number of hydrogen-bond donors (Lipinski definition) is 0. The molecule has 0 saturated carbocycles. The van der Waals surface area contributed by atoms with Crippen molar-refractivity contribution < 1.29 is 18.0 Å². The number of carbonyl (C=O) groups excluding carboxylic acids is 1. The van der Waals surface area contributed by atoms with Gasteiger partial charge in [-0.15, -0.1) is 13.2 Å². The molecule has 2 heterocycles. The van der Waals surface area contributed by atoms with Crippen molar-refractivity contribution in [2.75, 3.05) is 4.90 Å². The molecule has 2 aromatic heterocycles.